The van der Waals surface area contributed by atoms with E-state index in [9.17, 15) is 4.79 Å². The molecule has 0 bridgehead atoms. The summed E-state index contributed by atoms with van der Waals surface area (Å²) < 4.78 is 18.0. The number of benzene rings is 1. The van der Waals surface area contributed by atoms with Gasteiger partial charge in [0.05, 0.1) is 11.8 Å². The van der Waals surface area contributed by atoms with Gasteiger partial charge in [0.25, 0.3) is 5.91 Å². The zero-order valence-corrected chi connectivity index (χ0v) is 15.5. The van der Waals surface area contributed by atoms with Gasteiger partial charge >= 0.3 is 0 Å². The molecule has 0 radical (unpaired) electrons. The fourth-order valence-electron chi connectivity index (χ4n) is 3.15. The predicted molar refractivity (Wildman–Crippen MR) is 98.1 cm³/mol. The molecule has 1 aromatic carbocycles. The van der Waals surface area contributed by atoms with Gasteiger partial charge in [-0.05, 0) is 37.1 Å². The number of nitrogens with zero attached hydrogens (tertiary/aromatic N) is 5. The van der Waals surface area contributed by atoms with Crippen LogP contribution in [-0.2, 0) is 11.3 Å². The topological polar surface area (TPSA) is 95.5 Å². The van der Waals surface area contributed by atoms with E-state index in [4.69, 9.17) is 14.0 Å². The van der Waals surface area contributed by atoms with Gasteiger partial charge in [0.15, 0.2) is 11.5 Å². The molecule has 0 N–H and O–H groups in total. The molecule has 0 saturated carbocycles. The van der Waals surface area contributed by atoms with Crippen molar-refractivity contribution < 1.29 is 18.8 Å². The van der Waals surface area contributed by atoms with E-state index in [1.165, 1.54) is 6.33 Å². The number of carbonyl (C=O) groups excluding carboxylic acids is 1. The first-order valence-corrected chi connectivity index (χ1v) is 9.08. The molecule has 1 fully saturated rings. The highest BCUT2D eigenvalue weighted by molar-refractivity contribution is 5.92. The first-order valence-electron chi connectivity index (χ1n) is 9.08. The molecular formula is C19H21N5O4. The summed E-state index contributed by atoms with van der Waals surface area (Å²) in [6, 6.07) is 9.04. The van der Waals surface area contributed by atoms with Crippen molar-refractivity contribution in [3.63, 3.8) is 0 Å². The maximum atomic E-state index is 12.6. The van der Waals surface area contributed by atoms with E-state index in [0.29, 0.717) is 24.6 Å². The van der Waals surface area contributed by atoms with Crippen LogP contribution in [0.4, 0.5) is 0 Å². The molecule has 146 valence electrons. The van der Waals surface area contributed by atoms with Crippen LogP contribution in [0.2, 0.25) is 0 Å². The molecule has 0 aliphatic carbocycles. The Labute approximate surface area is 161 Å². The van der Waals surface area contributed by atoms with Gasteiger partial charge in [0.1, 0.15) is 25.0 Å². The Morgan fingerprint density at radius 1 is 1.32 bits per heavy atom. The lowest BCUT2D eigenvalue weighted by Gasteiger charge is -2.31. The first-order chi connectivity index (χ1) is 13.7. The summed E-state index contributed by atoms with van der Waals surface area (Å²) >= 11 is 0. The lowest BCUT2D eigenvalue weighted by Crippen LogP contribution is -2.43. The van der Waals surface area contributed by atoms with E-state index in [1.54, 1.807) is 29.1 Å². The number of hydrogen-bond acceptors (Lipinski definition) is 7. The molecule has 4 rings (SSSR count). The van der Waals surface area contributed by atoms with Crippen LogP contribution in [0.1, 0.15) is 29.1 Å². The summed E-state index contributed by atoms with van der Waals surface area (Å²) in [4.78, 5) is 18.3. The van der Waals surface area contributed by atoms with Crippen LogP contribution < -0.4 is 4.74 Å². The molecule has 3 heterocycles. The molecule has 9 nitrogen and oxygen atoms in total. The highest BCUT2D eigenvalue weighted by Crippen LogP contribution is 2.18. The van der Waals surface area contributed by atoms with Crippen LogP contribution in [0.25, 0.3) is 5.69 Å². The maximum Gasteiger partial charge on any atom is 0.276 e. The van der Waals surface area contributed by atoms with Crippen molar-refractivity contribution in [2.75, 3.05) is 20.2 Å². The van der Waals surface area contributed by atoms with Crippen molar-refractivity contribution in [1.82, 2.24) is 24.8 Å². The summed E-state index contributed by atoms with van der Waals surface area (Å²) in [5.74, 6) is 1.02. The zero-order valence-electron chi connectivity index (χ0n) is 15.5. The number of aromatic nitrogens is 4. The molecule has 3 aromatic rings. The van der Waals surface area contributed by atoms with E-state index in [0.717, 1.165) is 18.5 Å². The fraction of sp³-hybridized carbons (Fsp3) is 0.368. The minimum Gasteiger partial charge on any atom is -0.486 e. The molecule has 1 saturated heterocycles. The lowest BCUT2D eigenvalue weighted by molar-refractivity contribution is 0.0263. The molecule has 0 spiro atoms. The standard InChI is InChI=1S/C19H21N5O4/c1-26-16-3-2-8-23(10-16)19(25)18-9-17(28-22-18)11-27-15-6-4-14(5-7-15)24-13-20-12-21-24/h4-7,9,12-13,16H,2-3,8,10-11H2,1H3/t16-/m0/s1. The zero-order chi connectivity index (χ0) is 19.3. The van der Waals surface area contributed by atoms with Gasteiger partial charge in [-0.3, -0.25) is 4.79 Å². The van der Waals surface area contributed by atoms with Crippen molar-refractivity contribution in [2.24, 2.45) is 0 Å². The number of amides is 1. The van der Waals surface area contributed by atoms with Gasteiger partial charge in [-0.25, -0.2) is 9.67 Å². The van der Waals surface area contributed by atoms with Crippen LogP contribution in [0, 0.1) is 0 Å². The molecular weight excluding hydrogens is 362 g/mol. The molecule has 1 amide bonds. The third kappa shape index (κ3) is 4.04. The normalized spacial score (nSPS) is 16.9. The number of hydrogen-bond donors (Lipinski definition) is 0. The van der Waals surface area contributed by atoms with Crippen molar-refractivity contribution in [3.8, 4) is 11.4 Å². The Morgan fingerprint density at radius 2 is 2.18 bits per heavy atom. The van der Waals surface area contributed by atoms with Gasteiger partial charge < -0.3 is 18.9 Å². The number of rotatable bonds is 6. The first kappa shape index (κ1) is 18.2. The largest absolute Gasteiger partial charge is 0.486 e. The van der Waals surface area contributed by atoms with Gasteiger partial charge in [-0.15, -0.1) is 0 Å². The average molecular weight is 383 g/mol. The monoisotopic (exact) mass is 383 g/mol. The third-order valence-corrected chi connectivity index (χ3v) is 4.68. The number of methoxy groups -OCH3 is 1. The van der Waals surface area contributed by atoms with Crippen molar-refractivity contribution >= 4 is 5.91 Å². The second-order valence-electron chi connectivity index (χ2n) is 6.55. The average Bonchev–Trinajstić information content (AvgIpc) is 3.44. The van der Waals surface area contributed by atoms with E-state index in [1.807, 2.05) is 24.3 Å². The summed E-state index contributed by atoms with van der Waals surface area (Å²) in [5.41, 5.74) is 1.17. The van der Waals surface area contributed by atoms with Crippen molar-refractivity contribution in [2.45, 2.75) is 25.6 Å². The SMILES string of the molecule is CO[C@H]1CCCN(C(=O)c2cc(COc3ccc(-n4cncn4)cc3)on2)C1. The summed E-state index contributed by atoms with van der Waals surface area (Å²) in [6.07, 6.45) is 5.07. The Hall–Kier alpha value is -3.20. The quantitative estimate of drug-likeness (QED) is 0.643. The molecule has 2 aromatic heterocycles. The summed E-state index contributed by atoms with van der Waals surface area (Å²) in [7, 11) is 1.67. The Bertz CT molecular complexity index is 907. The molecule has 28 heavy (non-hydrogen) atoms. The molecule has 1 aliphatic rings. The minimum absolute atomic E-state index is 0.0768. The number of carbonyl (C=O) groups is 1. The van der Waals surface area contributed by atoms with Gasteiger partial charge in [-0.2, -0.15) is 5.10 Å². The summed E-state index contributed by atoms with van der Waals surface area (Å²) in [5, 5.41) is 7.97. The van der Waals surface area contributed by atoms with E-state index in [-0.39, 0.29) is 24.3 Å². The molecule has 9 heteroatoms. The Kier molecular flexibility index (Phi) is 5.34. The van der Waals surface area contributed by atoms with Gasteiger partial charge in [-0.1, -0.05) is 5.16 Å². The second kappa shape index (κ2) is 8.22. The van der Waals surface area contributed by atoms with E-state index >= 15 is 0 Å². The molecule has 1 aliphatic heterocycles. The van der Waals surface area contributed by atoms with Crippen molar-refractivity contribution in [1.29, 1.82) is 0 Å². The van der Waals surface area contributed by atoms with Gasteiger partial charge in [0.2, 0.25) is 0 Å². The predicted octanol–water partition coefficient (Wildman–Crippen LogP) is 2.09. The lowest BCUT2D eigenvalue weighted by atomic mass is 10.1. The van der Waals surface area contributed by atoms with Crippen LogP contribution >= 0.6 is 0 Å². The van der Waals surface area contributed by atoms with Crippen LogP contribution in [0.3, 0.4) is 0 Å². The third-order valence-electron chi connectivity index (χ3n) is 4.68. The fourth-order valence-corrected chi connectivity index (χ4v) is 3.15. The maximum absolute atomic E-state index is 12.6. The van der Waals surface area contributed by atoms with Crippen molar-refractivity contribution in [3.05, 3.63) is 54.4 Å². The number of piperidine rings is 1. The number of ether oxygens (including phenoxy) is 2. The highest BCUT2D eigenvalue weighted by atomic mass is 16.5. The minimum atomic E-state index is -0.145. The van der Waals surface area contributed by atoms with Crippen LogP contribution in [-0.4, -0.2) is 57.0 Å². The number of likely N-dealkylation sites (tertiary alicyclic amines) is 1. The second-order valence-corrected chi connectivity index (χ2v) is 6.55. The highest BCUT2D eigenvalue weighted by Gasteiger charge is 2.26. The summed E-state index contributed by atoms with van der Waals surface area (Å²) in [6.45, 7) is 1.46. The molecule has 1 atom stereocenters. The van der Waals surface area contributed by atoms with Crippen LogP contribution in [0.15, 0.2) is 47.5 Å². The molecule has 0 unspecified atom stereocenters. The smallest absolute Gasteiger partial charge is 0.276 e. The van der Waals surface area contributed by atoms with Gasteiger partial charge in [0, 0.05) is 26.3 Å². The Balaban J connectivity index is 1.34. The van der Waals surface area contributed by atoms with E-state index in [2.05, 4.69) is 15.2 Å². The Morgan fingerprint density at radius 3 is 2.93 bits per heavy atom. The van der Waals surface area contributed by atoms with Crippen LogP contribution in [0.5, 0.6) is 5.75 Å². The van der Waals surface area contributed by atoms with E-state index < -0.39 is 0 Å².